The molecule has 0 radical (unpaired) electrons. The smallest absolute Gasteiger partial charge is 0.150 e. The van der Waals surface area contributed by atoms with Gasteiger partial charge in [0.15, 0.2) is 0 Å². The predicted molar refractivity (Wildman–Crippen MR) is 87.4 cm³/mol. The SMILES string of the molecule is CCS(=O)(=O)CCCOc1ccc(CNCC(C)C)cc1. The van der Waals surface area contributed by atoms with Gasteiger partial charge in [0.05, 0.1) is 12.4 Å². The second-order valence-corrected chi connectivity index (χ2v) is 8.08. The van der Waals surface area contributed by atoms with Crippen molar-refractivity contribution < 1.29 is 13.2 Å². The van der Waals surface area contributed by atoms with E-state index in [1.165, 1.54) is 5.56 Å². The van der Waals surface area contributed by atoms with E-state index in [1.807, 2.05) is 24.3 Å². The monoisotopic (exact) mass is 313 g/mol. The van der Waals surface area contributed by atoms with Gasteiger partial charge in [0.25, 0.3) is 0 Å². The Balaban J connectivity index is 2.28. The zero-order chi connectivity index (χ0) is 15.7. The molecule has 0 saturated carbocycles. The van der Waals surface area contributed by atoms with Crippen LogP contribution < -0.4 is 10.1 Å². The fourth-order valence-electron chi connectivity index (χ4n) is 1.82. The number of nitrogens with one attached hydrogen (secondary N) is 1. The van der Waals surface area contributed by atoms with Crippen molar-refractivity contribution in [3.8, 4) is 5.75 Å². The lowest BCUT2D eigenvalue weighted by atomic mass is 10.2. The summed E-state index contributed by atoms with van der Waals surface area (Å²) in [6.45, 7) is 8.33. The molecule has 0 saturated heterocycles. The van der Waals surface area contributed by atoms with Gasteiger partial charge in [-0.15, -0.1) is 0 Å². The van der Waals surface area contributed by atoms with E-state index in [-0.39, 0.29) is 11.5 Å². The Labute approximate surface area is 128 Å². The van der Waals surface area contributed by atoms with Gasteiger partial charge in [-0.05, 0) is 36.6 Å². The number of hydrogen-bond acceptors (Lipinski definition) is 4. The molecular weight excluding hydrogens is 286 g/mol. The lowest BCUT2D eigenvalue weighted by molar-refractivity contribution is 0.317. The maximum atomic E-state index is 11.3. The molecule has 120 valence electrons. The van der Waals surface area contributed by atoms with Crippen LogP contribution in [0.4, 0.5) is 0 Å². The molecule has 0 spiro atoms. The predicted octanol–water partition coefficient (Wildman–Crippen LogP) is 2.64. The van der Waals surface area contributed by atoms with Crippen molar-refractivity contribution in [2.75, 3.05) is 24.7 Å². The van der Waals surface area contributed by atoms with Crippen molar-refractivity contribution in [3.05, 3.63) is 29.8 Å². The van der Waals surface area contributed by atoms with Crippen LogP contribution >= 0.6 is 0 Å². The van der Waals surface area contributed by atoms with Crippen molar-refractivity contribution in [1.82, 2.24) is 5.32 Å². The first-order valence-corrected chi connectivity index (χ1v) is 9.38. The van der Waals surface area contributed by atoms with E-state index in [0.29, 0.717) is 18.9 Å². The largest absolute Gasteiger partial charge is 0.494 e. The molecule has 0 amide bonds. The summed E-state index contributed by atoms with van der Waals surface area (Å²) in [6, 6.07) is 7.93. The first-order chi connectivity index (χ1) is 9.93. The third kappa shape index (κ3) is 8.07. The molecule has 0 aliphatic rings. The lowest BCUT2D eigenvalue weighted by Gasteiger charge is -2.09. The number of hydrogen-bond donors (Lipinski definition) is 1. The van der Waals surface area contributed by atoms with E-state index in [2.05, 4.69) is 19.2 Å². The van der Waals surface area contributed by atoms with E-state index >= 15 is 0 Å². The average Bonchev–Trinajstić information content (AvgIpc) is 2.45. The van der Waals surface area contributed by atoms with E-state index in [9.17, 15) is 8.42 Å². The highest BCUT2D eigenvalue weighted by molar-refractivity contribution is 7.91. The molecule has 0 bridgehead atoms. The number of rotatable bonds is 10. The molecule has 0 aromatic heterocycles. The van der Waals surface area contributed by atoms with Crippen LogP contribution in [0.1, 0.15) is 32.8 Å². The van der Waals surface area contributed by atoms with Crippen LogP contribution in [-0.4, -0.2) is 33.1 Å². The molecule has 0 heterocycles. The summed E-state index contributed by atoms with van der Waals surface area (Å²) in [5.41, 5.74) is 1.22. The van der Waals surface area contributed by atoms with E-state index in [0.717, 1.165) is 18.8 Å². The van der Waals surface area contributed by atoms with Crippen molar-refractivity contribution in [1.29, 1.82) is 0 Å². The van der Waals surface area contributed by atoms with Gasteiger partial charge in [0.2, 0.25) is 0 Å². The van der Waals surface area contributed by atoms with Crippen LogP contribution in [0.5, 0.6) is 5.75 Å². The number of benzene rings is 1. The highest BCUT2D eigenvalue weighted by atomic mass is 32.2. The Morgan fingerprint density at radius 1 is 1.19 bits per heavy atom. The van der Waals surface area contributed by atoms with Crippen LogP contribution in [0.15, 0.2) is 24.3 Å². The van der Waals surface area contributed by atoms with E-state index in [1.54, 1.807) is 6.92 Å². The summed E-state index contributed by atoms with van der Waals surface area (Å²) in [6.07, 6.45) is 0.536. The van der Waals surface area contributed by atoms with Crippen LogP contribution in [-0.2, 0) is 16.4 Å². The van der Waals surface area contributed by atoms with E-state index in [4.69, 9.17) is 4.74 Å². The van der Waals surface area contributed by atoms with Crippen molar-refractivity contribution in [2.24, 2.45) is 5.92 Å². The molecule has 1 aromatic rings. The fourth-order valence-corrected chi connectivity index (χ4v) is 2.67. The summed E-state index contributed by atoms with van der Waals surface area (Å²) in [4.78, 5) is 0. The zero-order valence-electron chi connectivity index (χ0n) is 13.3. The molecule has 1 N–H and O–H groups in total. The van der Waals surface area contributed by atoms with Gasteiger partial charge in [-0.25, -0.2) is 8.42 Å². The summed E-state index contributed by atoms with van der Waals surface area (Å²) in [5.74, 6) is 1.83. The highest BCUT2D eigenvalue weighted by Crippen LogP contribution is 2.12. The minimum absolute atomic E-state index is 0.195. The first-order valence-electron chi connectivity index (χ1n) is 7.56. The molecule has 1 rings (SSSR count). The Morgan fingerprint density at radius 3 is 2.43 bits per heavy atom. The maximum Gasteiger partial charge on any atom is 0.150 e. The minimum Gasteiger partial charge on any atom is -0.494 e. The highest BCUT2D eigenvalue weighted by Gasteiger charge is 2.06. The lowest BCUT2D eigenvalue weighted by Crippen LogP contribution is -2.18. The fraction of sp³-hybridized carbons (Fsp3) is 0.625. The summed E-state index contributed by atoms with van der Waals surface area (Å²) >= 11 is 0. The van der Waals surface area contributed by atoms with Gasteiger partial charge in [0, 0.05) is 12.3 Å². The van der Waals surface area contributed by atoms with Gasteiger partial charge in [-0.2, -0.15) is 0 Å². The van der Waals surface area contributed by atoms with Crippen molar-refractivity contribution in [3.63, 3.8) is 0 Å². The summed E-state index contributed by atoms with van der Waals surface area (Å²) in [5, 5.41) is 3.39. The number of sulfone groups is 1. The molecule has 0 unspecified atom stereocenters. The summed E-state index contributed by atoms with van der Waals surface area (Å²) in [7, 11) is -2.89. The van der Waals surface area contributed by atoms with Gasteiger partial charge in [-0.3, -0.25) is 0 Å². The zero-order valence-corrected chi connectivity index (χ0v) is 14.1. The van der Waals surface area contributed by atoms with Gasteiger partial charge < -0.3 is 10.1 Å². The van der Waals surface area contributed by atoms with Crippen molar-refractivity contribution in [2.45, 2.75) is 33.7 Å². The molecule has 21 heavy (non-hydrogen) atoms. The standard InChI is InChI=1S/C16H27NO3S/c1-4-21(18,19)11-5-10-20-16-8-6-15(7-9-16)13-17-12-14(2)3/h6-9,14,17H,4-5,10-13H2,1-3H3. The van der Waals surface area contributed by atoms with Crippen LogP contribution in [0.3, 0.4) is 0 Å². The molecule has 0 aliphatic heterocycles. The minimum atomic E-state index is -2.89. The van der Waals surface area contributed by atoms with Crippen LogP contribution in [0.2, 0.25) is 0 Å². The van der Waals surface area contributed by atoms with Gasteiger partial charge >= 0.3 is 0 Å². The quantitative estimate of drug-likeness (QED) is 0.675. The Bertz CT molecular complexity index is 495. The summed E-state index contributed by atoms with van der Waals surface area (Å²) < 4.78 is 28.2. The third-order valence-electron chi connectivity index (χ3n) is 3.11. The topological polar surface area (TPSA) is 55.4 Å². The maximum absolute atomic E-state index is 11.3. The first kappa shape index (κ1) is 18.0. The second-order valence-electron chi connectivity index (χ2n) is 5.61. The second kappa shape index (κ2) is 9.05. The molecule has 1 aromatic carbocycles. The van der Waals surface area contributed by atoms with Gasteiger partial charge in [-0.1, -0.05) is 32.9 Å². The molecule has 0 fully saturated rings. The average molecular weight is 313 g/mol. The molecule has 0 atom stereocenters. The molecule has 0 aliphatic carbocycles. The van der Waals surface area contributed by atoms with Crippen molar-refractivity contribution >= 4 is 9.84 Å². The van der Waals surface area contributed by atoms with Crippen LogP contribution in [0, 0.1) is 5.92 Å². The molecular formula is C16H27NO3S. The molecule has 4 nitrogen and oxygen atoms in total. The Morgan fingerprint density at radius 2 is 1.86 bits per heavy atom. The van der Waals surface area contributed by atoms with Crippen LogP contribution in [0.25, 0.3) is 0 Å². The normalized spacial score (nSPS) is 11.8. The third-order valence-corrected chi connectivity index (χ3v) is 4.90. The Kier molecular flexibility index (Phi) is 7.75. The Hall–Kier alpha value is -1.07. The molecule has 5 heteroatoms. The van der Waals surface area contributed by atoms with E-state index < -0.39 is 9.84 Å². The number of ether oxygens (including phenoxy) is 1. The van der Waals surface area contributed by atoms with Gasteiger partial charge in [0.1, 0.15) is 15.6 Å².